The van der Waals surface area contributed by atoms with Crippen LogP contribution in [0.15, 0.2) is 24.3 Å². The average molecular weight is 346 g/mol. The quantitative estimate of drug-likeness (QED) is 0.760. The third-order valence-corrected chi connectivity index (χ3v) is 5.48. The number of likely N-dealkylation sites (tertiary alicyclic amines) is 2. The van der Waals surface area contributed by atoms with Gasteiger partial charge in [0.15, 0.2) is 0 Å². The highest BCUT2D eigenvalue weighted by Crippen LogP contribution is 2.24. The van der Waals surface area contributed by atoms with E-state index in [0.717, 1.165) is 31.7 Å². The highest BCUT2D eigenvalue weighted by molar-refractivity contribution is 5.77. The zero-order chi connectivity index (χ0) is 17.6. The van der Waals surface area contributed by atoms with Gasteiger partial charge >= 0.3 is 0 Å². The molecule has 2 heterocycles. The van der Waals surface area contributed by atoms with Gasteiger partial charge in [-0.3, -0.25) is 4.79 Å². The number of aryl methyl sites for hydroxylation is 1. The lowest BCUT2D eigenvalue weighted by Crippen LogP contribution is -2.42. The normalized spacial score (nSPS) is 24.0. The third kappa shape index (κ3) is 4.73. The van der Waals surface area contributed by atoms with E-state index in [1.807, 2.05) is 24.3 Å². The Balaban J connectivity index is 1.55. The van der Waals surface area contributed by atoms with Crippen LogP contribution in [-0.4, -0.2) is 68.3 Å². The van der Waals surface area contributed by atoms with Gasteiger partial charge in [-0.1, -0.05) is 12.1 Å². The summed E-state index contributed by atoms with van der Waals surface area (Å²) in [6, 6.07) is 8.27. The zero-order valence-corrected chi connectivity index (χ0v) is 15.4. The molecular weight excluding hydrogens is 316 g/mol. The summed E-state index contributed by atoms with van der Waals surface area (Å²) in [6.45, 7) is 4.06. The first-order chi connectivity index (χ1) is 12.2. The predicted octanol–water partition coefficient (Wildman–Crippen LogP) is 2.34. The van der Waals surface area contributed by atoms with Gasteiger partial charge in [0.2, 0.25) is 5.91 Å². The van der Waals surface area contributed by atoms with Crippen LogP contribution in [0.3, 0.4) is 0 Å². The van der Waals surface area contributed by atoms with E-state index < -0.39 is 0 Å². The van der Waals surface area contributed by atoms with E-state index in [0.29, 0.717) is 12.5 Å². The summed E-state index contributed by atoms with van der Waals surface area (Å²) in [6.07, 6.45) is 5.03. The second-order valence-electron chi connectivity index (χ2n) is 7.15. The molecule has 5 nitrogen and oxygen atoms in total. The van der Waals surface area contributed by atoms with Crippen molar-refractivity contribution in [3.8, 4) is 5.75 Å². The van der Waals surface area contributed by atoms with Crippen molar-refractivity contribution in [2.75, 3.05) is 40.4 Å². The highest BCUT2D eigenvalue weighted by Gasteiger charge is 2.36. The lowest BCUT2D eigenvalue weighted by molar-refractivity contribution is -0.132. The molecule has 0 radical (unpaired) electrons. The second kappa shape index (κ2) is 8.68. The van der Waals surface area contributed by atoms with Crippen LogP contribution in [-0.2, 0) is 16.0 Å². The number of amides is 1. The van der Waals surface area contributed by atoms with E-state index in [2.05, 4.69) is 9.80 Å². The number of rotatable bonds is 7. The number of benzene rings is 1. The van der Waals surface area contributed by atoms with E-state index >= 15 is 0 Å². The standard InChI is InChI=1S/C20H30N2O3/c1-24-18-8-5-16(6-9-18)7-10-20(23)22-15-19(25-2)13-17(22)14-21-11-3-4-12-21/h5-6,8-9,17,19H,3-4,7,10-15H2,1-2H3/t17-,19-/m0/s1. The first kappa shape index (κ1) is 18.2. The van der Waals surface area contributed by atoms with Crippen LogP contribution in [0, 0.1) is 0 Å². The van der Waals surface area contributed by atoms with Crippen LogP contribution < -0.4 is 4.74 Å². The van der Waals surface area contributed by atoms with Crippen LogP contribution in [0.25, 0.3) is 0 Å². The Morgan fingerprint density at radius 2 is 1.88 bits per heavy atom. The molecule has 2 saturated heterocycles. The Kier molecular flexibility index (Phi) is 6.32. The number of nitrogens with zero attached hydrogens (tertiary/aromatic N) is 2. The minimum atomic E-state index is 0.178. The first-order valence-electron chi connectivity index (χ1n) is 9.37. The third-order valence-electron chi connectivity index (χ3n) is 5.48. The van der Waals surface area contributed by atoms with Crippen LogP contribution >= 0.6 is 0 Å². The van der Waals surface area contributed by atoms with Crippen LogP contribution in [0.1, 0.15) is 31.2 Å². The molecule has 3 rings (SSSR count). The molecule has 5 heteroatoms. The van der Waals surface area contributed by atoms with Gasteiger partial charge in [0.05, 0.1) is 13.2 Å². The summed E-state index contributed by atoms with van der Waals surface area (Å²) in [7, 11) is 3.42. The SMILES string of the molecule is COc1ccc(CCC(=O)N2C[C@@H](OC)C[C@H]2CN2CCCC2)cc1. The van der Waals surface area contributed by atoms with E-state index in [9.17, 15) is 4.79 Å². The van der Waals surface area contributed by atoms with Gasteiger partial charge in [-0.25, -0.2) is 0 Å². The molecule has 2 fully saturated rings. The Hall–Kier alpha value is -1.59. The smallest absolute Gasteiger partial charge is 0.223 e. The maximum absolute atomic E-state index is 12.8. The molecule has 0 N–H and O–H groups in total. The average Bonchev–Trinajstić information content (AvgIpc) is 3.30. The number of hydrogen-bond donors (Lipinski definition) is 0. The molecule has 2 aliphatic heterocycles. The fourth-order valence-electron chi connectivity index (χ4n) is 3.97. The number of carbonyl (C=O) groups is 1. The van der Waals surface area contributed by atoms with Crippen molar-refractivity contribution in [3.05, 3.63) is 29.8 Å². The summed E-state index contributed by atoms with van der Waals surface area (Å²) in [5, 5.41) is 0. The molecule has 1 aromatic carbocycles. The Morgan fingerprint density at radius 3 is 2.52 bits per heavy atom. The topological polar surface area (TPSA) is 42.0 Å². The Bertz CT molecular complexity index is 555. The van der Waals surface area contributed by atoms with Gasteiger partial charge in [-0.05, 0) is 56.5 Å². The molecule has 2 atom stereocenters. The number of hydrogen-bond acceptors (Lipinski definition) is 4. The fourth-order valence-corrected chi connectivity index (χ4v) is 3.97. The number of methoxy groups -OCH3 is 2. The van der Waals surface area contributed by atoms with E-state index in [1.165, 1.54) is 31.5 Å². The van der Waals surface area contributed by atoms with Crippen molar-refractivity contribution >= 4 is 5.91 Å². The zero-order valence-electron chi connectivity index (χ0n) is 15.4. The molecular formula is C20H30N2O3. The molecule has 0 aliphatic carbocycles. The van der Waals surface area contributed by atoms with Gasteiger partial charge in [0, 0.05) is 32.7 Å². The van der Waals surface area contributed by atoms with Gasteiger partial charge < -0.3 is 19.3 Å². The van der Waals surface area contributed by atoms with Crippen molar-refractivity contribution < 1.29 is 14.3 Å². The van der Waals surface area contributed by atoms with E-state index in [4.69, 9.17) is 9.47 Å². The number of carbonyl (C=O) groups excluding carboxylic acids is 1. The van der Waals surface area contributed by atoms with Crippen molar-refractivity contribution in [2.24, 2.45) is 0 Å². The molecule has 1 aromatic rings. The Morgan fingerprint density at radius 1 is 1.16 bits per heavy atom. The fraction of sp³-hybridized carbons (Fsp3) is 0.650. The van der Waals surface area contributed by atoms with E-state index in [1.54, 1.807) is 14.2 Å². The maximum Gasteiger partial charge on any atom is 0.223 e. The van der Waals surface area contributed by atoms with Gasteiger partial charge in [0.1, 0.15) is 5.75 Å². The predicted molar refractivity (Wildman–Crippen MR) is 97.9 cm³/mol. The van der Waals surface area contributed by atoms with Crippen molar-refractivity contribution in [2.45, 2.75) is 44.2 Å². The van der Waals surface area contributed by atoms with Gasteiger partial charge in [-0.2, -0.15) is 0 Å². The van der Waals surface area contributed by atoms with Gasteiger partial charge in [-0.15, -0.1) is 0 Å². The number of ether oxygens (including phenoxy) is 2. The lowest BCUT2D eigenvalue weighted by Gasteiger charge is -2.28. The molecule has 0 unspecified atom stereocenters. The van der Waals surface area contributed by atoms with Crippen molar-refractivity contribution in [3.63, 3.8) is 0 Å². The molecule has 25 heavy (non-hydrogen) atoms. The van der Waals surface area contributed by atoms with Crippen LogP contribution in [0.2, 0.25) is 0 Å². The molecule has 0 bridgehead atoms. The summed E-state index contributed by atoms with van der Waals surface area (Å²) >= 11 is 0. The van der Waals surface area contributed by atoms with Gasteiger partial charge in [0.25, 0.3) is 0 Å². The largest absolute Gasteiger partial charge is 0.497 e. The van der Waals surface area contributed by atoms with Crippen LogP contribution in [0.5, 0.6) is 5.75 Å². The molecule has 1 amide bonds. The molecule has 138 valence electrons. The summed E-state index contributed by atoms with van der Waals surface area (Å²) in [5.74, 6) is 1.10. The molecule has 0 aromatic heterocycles. The summed E-state index contributed by atoms with van der Waals surface area (Å²) in [4.78, 5) is 17.4. The minimum Gasteiger partial charge on any atom is -0.497 e. The van der Waals surface area contributed by atoms with Crippen molar-refractivity contribution in [1.29, 1.82) is 0 Å². The monoisotopic (exact) mass is 346 g/mol. The van der Waals surface area contributed by atoms with E-state index in [-0.39, 0.29) is 12.0 Å². The minimum absolute atomic E-state index is 0.178. The first-order valence-corrected chi connectivity index (χ1v) is 9.37. The molecule has 0 saturated carbocycles. The second-order valence-corrected chi connectivity index (χ2v) is 7.15. The molecule has 2 aliphatic rings. The summed E-state index contributed by atoms with van der Waals surface area (Å²) in [5.41, 5.74) is 1.17. The Labute approximate surface area is 150 Å². The maximum atomic E-state index is 12.8. The van der Waals surface area contributed by atoms with Crippen molar-refractivity contribution in [1.82, 2.24) is 9.80 Å². The molecule has 0 spiro atoms. The highest BCUT2D eigenvalue weighted by atomic mass is 16.5. The lowest BCUT2D eigenvalue weighted by atomic mass is 10.1. The van der Waals surface area contributed by atoms with Crippen LogP contribution in [0.4, 0.5) is 0 Å². The summed E-state index contributed by atoms with van der Waals surface area (Å²) < 4.78 is 10.7.